The van der Waals surface area contributed by atoms with Crippen LogP contribution in [0.1, 0.15) is 11.1 Å². The maximum atomic E-state index is 14.8. The third-order valence-corrected chi connectivity index (χ3v) is 8.72. The molecule has 4 aromatic heterocycles. The zero-order valence-corrected chi connectivity index (χ0v) is 26.8. The Morgan fingerprint density at radius 1 is 0.830 bits per heavy atom. The first-order valence-corrected chi connectivity index (χ1v) is 17.5. The number of H-pyrrole nitrogens is 2. The quantitative estimate of drug-likeness (QED) is 0.113. The van der Waals surface area contributed by atoms with E-state index in [1.165, 1.54) is 17.7 Å². The van der Waals surface area contributed by atoms with E-state index >= 15 is 0 Å². The summed E-state index contributed by atoms with van der Waals surface area (Å²) in [6.45, 7) is 4.68. The van der Waals surface area contributed by atoms with Gasteiger partial charge in [-0.1, -0.05) is 54.7 Å². The Balaban J connectivity index is 1.20. The molecule has 9 heteroatoms. The van der Waals surface area contributed by atoms with Crippen LogP contribution in [0.25, 0.3) is 55.6 Å². The van der Waals surface area contributed by atoms with Crippen molar-refractivity contribution in [3.8, 4) is 33.8 Å². The molecule has 0 aliphatic carbocycles. The molecule has 0 fully saturated rings. The number of hydrogen-bond donors (Lipinski definition) is 4. The number of nitrogens with one attached hydrogen (secondary N) is 4. The molecule has 0 saturated carbocycles. The van der Waals surface area contributed by atoms with Gasteiger partial charge in [0.15, 0.2) is 0 Å². The van der Waals surface area contributed by atoms with E-state index in [2.05, 4.69) is 83.8 Å². The Morgan fingerprint density at radius 2 is 1.66 bits per heavy atom. The molecule has 0 aliphatic heterocycles. The SMILES string of the molecule is C=C(Cc1ccccc1)Nc1cncc(-c2ccc3[nH]nc(-c4cc5c(-c6cc(F)cc(CNS(=C)(=C)C)c6)nccc5[nH]4)c3c2)c1. The van der Waals surface area contributed by atoms with E-state index in [9.17, 15) is 4.39 Å². The number of benzene rings is 3. The summed E-state index contributed by atoms with van der Waals surface area (Å²) < 4.78 is 18.1. The first kappa shape index (κ1) is 30.2. The van der Waals surface area contributed by atoms with Crippen molar-refractivity contribution in [2.24, 2.45) is 0 Å². The lowest BCUT2D eigenvalue weighted by Crippen LogP contribution is -2.08. The van der Waals surface area contributed by atoms with Crippen molar-refractivity contribution in [3.63, 3.8) is 0 Å². The zero-order chi connectivity index (χ0) is 32.5. The van der Waals surface area contributed by atoms with Gasteiger partial charge in [0.2, 0.25) is 0 Å². The Bertz CT molecular complexity index is 2370. The number of fused-ring (bicyclic) bond motifs is 2. The molecule has 7 rings (SSSR count). The Labute approximate surface area is 273 Å². The third-order valence-electron chi connectivity index (χ3n) is 7.87. The molecule has 7 nitrogen and oxygen atoms in total. The second kappa shape index (κ2) is 12.4. The number of allylic oxidation sites excluding steroid dienone is 1. The van der Waals surface area contributed by atoms with Crippen LogP contribution in [0.2, 0.25) is 0 Å². The predicted octanol–water partition coefficient (Wildman–Crippen LogP) is 8.45. The van der Waals surface area contributed by atoms with Crippen molar-refractivity contribution < 1.29 is 4.39 Å². The van der Waals surface area contributed by atoms with Crippen molar-refractivity contribution in [2.75, 3.05) is 11.6 Å². The topological polar surface area (TPSA) is 94.3 Å². The van der Waals surface area contributed by atoms with Crippen LogP contribution in [-0.2, 0) is 13.0 Å². The van der Waals surface area contributed by atoms with Gasteiger partial charge in [0.05, 0.1) is 28.8 Å². The van der Waals surface area contributed by atoms with Crippen molar-refractivity contribution in [1.29, 1.82) is 0 Å². The standard InChI is InChI=1S/C38H34FN7S/c1-24(14-25-8-6-5-7-9-25)43-31-18-29(22-40-23-31)27-10-11-35-32(19-27)38(46-45-35)36-20-33-34(44-36)12-13-41-37(33)28-15-26(16-30(39)17-28)21-42-47(2,3)4/h5-13,15-20,22-23,42-44H,1-3,14,21H2,4H3,(H,45,46). The lowest BCUT2D eigenvalue weighted by atomic mass is 10.0. The summed E-state index contributed by atoms with van der Waals surface area (Å²) in [5.41, 5.74) is 10.5. The molecule has 3 aromatic carbocycles. The number of anilines is 1. The van der Waals surface area contributed by atoms with Crippen molar-refractivity contribution >= 4 is 48.6 Å². The van der Waals surface area contributed by atoms with Crippen LogP contribution in [0.5, 0.6) is 0 Å². The second-order valence-corrected chi connectivity index (χ2v) is 14.8. The molecule has 0 spiro atoms. The van der Waals surface area contributed by atoms with Gasteiger partial charge >= 0.3 is 0 Å². The molecule has 7 aromatic rings. The molecule has 234 valence electrons. The van der Waals surface area contributed by atoms with Gasteiger partial charge in [-0.2, -0.15) is 14.5 Å². The third kappa shape index (κ3) is 6.72. The zero-order valence-electron chi connectivity index (χ0n) is 26.0. The lowest BCUT2D eigenvalue weighted by molar-refractivity contribution is 0.625. The molecular formula is C38H34FN7S. The minimum Gasteiger partial charge on any atom is -0.358 e. The molecule has 0 unspecified atom stereocenters. The Hall–Kier alpha value is -5.51. The van der Waals surface area contributed by atoms with E-state index in [1.807, 2.05) is 54.9 Å². The van der Waals surface area contributed by atoms with Gasteiger partial charge in [-0.25, -0.2) is 4.39 Å². The average molecular weight is 640 g/mol. The van der Waals surface area contributed by atoms with E-state index in [-0.39, 0.29) is 5.82 Å². The number of hydrogen-bond acceptors (Lipinski definition) is 5. The highest BCUT2D eigenvalue weighted by molar-refractivity contribution is 8.25. The highest BCUT2D eigenvalue weighted by Gasteiger charge is 2.16. The molecule has 0 saturated heterocycles. The molecule has 0 radical (unpaired) electrons. The van der Waals surface area contributed by atoms with Crippen LogP contribution in [0.15, 0.2) is 116 Å². The van der Waals surface area contributed by atoms with Gasteiger partial charge in [-0.15, -0.1) is 0 Å². The van der Waals surface area contributed by atoms with Gasteiger partial charge < -0.3 is 10.3 Å². The number of halogens is 1. The van der Waals surface area contributed by atoms with Gasteiger partial charge in [-0.3, -0.25) is 19.8 Å². The summed E-state index contributed by atoms with van der Waals surface area (Å²) >= 11 is 0. The lowest BCUT2D eigenvalue weighted by Gasteiger charge is -2.12. The summed E-state index contributed by atoms with van der Waals surface area (Å²) in [5, 5.41) is 13.1. The largest absolute Gasteiger partial charge is 0.358 e. The maximum absolute atomic E-state index is 14.8. The summed E-state index contributed by atoms with van der Waals surface area (Å²) in [5.74, 6) is 7.80. The minimum atomic E-state index is -1.44. The highest BCUT2D eigenvalue weighted by Crippen LogP contribution is 2.35. The van der Waals surface area contributed by atoms with E-state index in [0.717, 1.165) is 67.7 Å². The van der Waals surface area contributed by atoms with E-state index < -0.39 is 9.39 Å². The molecule has 0 amide bonds. The number of aromatic amines is 2. The normalized spacial score (nSPS) is 11.7. The fourth-order valence-corrected chi connectivity index (χ4v) is 6.23. The monoisotopic (exact) mass is 639 g/mol. The van der Waals surface area contributed by atoms with Crippen molar-refractivity contribution in [2.45, 2.75) is 13.0 Å². The maximum Gasteiger partial charge on any atom is 0.124 e. The molecule has 47 heavy (non-hydrogen) atoms. The predicted molar refractivity (Wildman–Crippen MR) is 197 cm³/mol. The van der Waals surface area contributed by atoms with Gasteiger partial charge in [0.25, 0.3) is 0 Å². The van der Waals surface area contributed by atoms with E-state index in [0.29, 0.717) is 17.8 Å². The Morgan fingerprint density at radius 3 is 2.49 bits per heavy atom. The molecule has 0 atom stereocenters. The van der Waals surface area contributed by atoms with Crippen LogP contribution in [0, 0.1) is 5.82 Å². The summed E-state index contributed by atoms with van der Waals surface area (Å²) in [7, 11) is -1.44. The number of pyridine rings is 2. The fourth-order valence-electron chi connectivity index (χ4n) is 5.71. The first-order valence-electron chi connectivity index (χ1n) is 15.1. The highest BCUT2D eigenvalue weighted by atomic mass is 32.2. The minimum absolute atomic E-state index is 0.321. The smallest absolute Gasteiger partial charge is 0.124 e. The molecule has 0 aliphatic rings. The molecule has 0 bridgehead atoms. The average Bonchev–Trinajstić information content (AvgIpc) is 3.68. The van der Waals surface area contributed by atoms with E-state index in [4.69, 9.17) is 0 Å². The van der Waals surface area contributed by atoms with Gasteiger partial charge in [0.1, 0.15) is 11.5 Å². The summed E-state index contributed by atoms with van der Waals surface area (Å²) in [4.78, 5) is 12.7. The summed E-state index contributed by atoms with van der Waals surface area (Å²) in [6, 6.07) is 27.5. The van der Waals surface area contributed by atoms with Crippen molar-refractivity contribution in [1.82, 2.24) is 29.9 Å². The molecule has 4 N–H and O–H groups in total. The molecule has 4 heterocycles. The van der Waals surface area contributed by atoms with Gasteiger partial charge in [0, 0.05) is 58.5 Å². The van der Waals surface area contributed by atoms with Crippen LogP contribution in [0.4, 0.5) is 10.1 Å². The Kier molecular flexibility index (Phi) is 7.93. The van der Waals surface area contributed by atoms with Crippen LogP contribution in [-0.4, -0.2) is 43.1 Å². The number of aromatic nitrogens is 5. The fraction of sp³-hybridized carbons (Fsp3) is 0.0789. The number of nitrogens with zero attached hydrogens (tertiary/aromatic N) is 3. The van der Waals surface area contributed by atoms with E-state index in [1.54, 1.807) is 12.4 Å². The number of rotatable bonds is 10. The summed E-state index contributed by atoms with van der Waals surface area (Å²) in [6.07, 6.45) is 8.07. The van der Waals surface area contributed by atoms with Gasteiger partial charge in [-0.05, 0) is 71.5 Å². The van der Waals surface area contributed by atoms with Crippen LogP contribution < -0.4 is 10.0 Å². The van der Waals surface area contributed by atoms with Crippen molar-refractivity contribution in [3.05, 3.63) is 133 Å². The second-order valence-electron chi connectivity index (χ2n) is 11.9. The van der Waals surface area contributed by atoms with Crippen LogP contribution in [0.3, 0.4) is 0 Å². The van der Waals surface area contributed by atoms with Crippen LogP contribution >= 0.6 is 9.39 Å². The first-order chi connectivity index (χ1) is 22.7. The molecular weight excluding hydrogens is 606 g/mol.